The maximum Gasteiger partial charge on any atom is 0.350 e. The van der Waals surface area contributed by atoms with Gasteiger partial charge in [0.05, 0.1) is 11.5 Å². The standard InChI is InChI=1S/C11H11ClO5S/c1-2-17-7-10(11(13)14)18(15,16)9-5-3-4-8(12)6-9/h3-7H,2H2,1H3,(H,13,14). The minimum atomic E-state index is -4.14. The van der Waals surface area contributed by atoms with E-state index in [1.54, 1.807) is 6.92 Å². The molecule has 1 N–H and O–H groups in total. The van der Waals surface area contributed by atoms with E-state index in [1.807, 2.05) is 0 Å². The Morgan fingerprint density at radius 1 is 1.50 bits per heavy atom. The van der Waals surface area contributed by atoms with Crippen LogP contribution in [0.15, 0.2) is 40.3 Å². The van der Waals surface area contributed by atoms with Gasteiger partial charge in [0.2, 0.25) is 9.84 Å². The van der Waals surface area contributed by atoms with Crippen LogP contribution in [0, 0.1) is 0 Å². The molecule has 1 rings (SSSR count). The number of carbonyl (C=O) groups is 1. The van der Waals surface area contributed by atoms with Gasteiger partial charge in [0.25, 0.3) is 0 Å². The van der Waals surface area contributed by atoms with Crippen LogP contribution in [0.25, 0.3) is 0 Å². The maximum absolute atomic E-state index is 12.0. The number of hydrogen-bond donors (Lipinski definition) is 1. The molecule has 0 spiro atoms. The molecule has 0 unspecified atom stereocenters. The van der Waals surface area contributed by atoms with Crippen molar-refractivity contribution in [3.05, 3.63) is 40.5 Å². The summed E-state index contributed by atoms with van der Waals surface area (Å²) in [4.78, 5) is 9.93. The van der Waals surface area contributed by atoms with Gasteiger partial charge < -0.3 is 9.84 Å². The van der Waals surface area contributed by atoms with E-state index in [1.165, 1.54) is 24.3 Å². The summed E-state index contributed by atoms with van der Waals surface area (Å²) in [6.45, 7) is 1.78. The fourth-order valence-corrected chi connectivity index (χ4v) is 2.62. The van der Waals surface area contributed by atoms with Gasteiger partial charge in [-0.25, -0.2) is 13.2 Å². The van der Waals surface area contributed by atoms with E-state index in [0.717, 1.165) is 6.26 Å². The lowest BCUT2D eigenvalue weighted by Crippen LogP contribution is -2.14. The molecule has 0 aliphatic rings. The summed E-state index contributed by atoms with van der Waals surface area (Å²) < 4.78 is 28.8. The molecule has 0 radical (unpaired) electrons. The van der Waals surface area contributed by atoms with Gasteiger partial charge in [0, 0.05) is 5.02 Å². The smallest absolute Gasteiger partial charge is 0.350 e. The molecule has 1 aromatic rings. The second-order valence-corrected chi connectivity index (χ2v) is 5.56. The van der Waals surface area contributed by atoms with Crippen molar-refractivity contribution in [2.45, 2.75) is 11.8 Å². The molecule has 0 amide bonds. The molecule has 0 aromatic heterocycles. The third-order valence-corrected chi connectivity index (χ3v) is 3.92. The number of aliphatic carboxylic acids is 1. The van der Waals surface area contributed by atoms with Crippen LogP contribution < -0.4 is 0 Å². The van der Waals surface area contributed by atoms with Gasteiger partial charge in [-0.1, -0.05) is 17.7 Å². The number of benzene rings is 1. The summed E-state index contributed by atoms with van der Waals surface area (Å²) in [5, 5.41) is 9.11. The van der Waals surface area contributed by atoms with Crippen LogP contribution in [-0.4, -0.2) is 26.1 Å². The molecule has 98 valence electrons. The third-order valence-electron chi connectivity index (χ3n) is 1.96. The monoisotopic (exact) mass is 290 g/mol. The van der Waals surface area contributed by atoms with E-state index in [-0.39, 0.29) is 16.5 Å². The summed E-state index contributed by atoms with van der Waals surface area (Å²) in [5.41, 5.74) is 0. The summed E-state index contributed by atoms with van der Waals surface area (Å²) in [5.74, 6) is -1.58. The molecule has 0 heterocycles. The van der Waals surface area contributed by atoms with Crippen molar-refractivity contribution in [3.63, 3.8) is 0 Å². The topological polar surface area (TPSA) is 80.7 Å². The van der Waals surface area contributed by atoms with Gasteiger partial charge in [-0.2, -0.15) is 0 Å². The molecule has 0 fully saturated rings. The highest BCUT2D eigenvalue weighted by atomic mass is 35.5. The Labute approximate surface area is 110 Å². The molecule has 0 saturated carbocycles. The Morgan fingerprint density at radius 3 is 2.67 bits per heavy atom. The van der Waals surface area contributed by atoms with E-state index in [2.05, 4.69) is 0 Å². The fraction of sp³-hybridized carbons (Fsp3) is 0.182. The van der Waals surface area contributed by atoms with Crippen LogP contribution in [0.2, 0.25) is 5.02 Å². The van der Waals surface area contributed by atoms with E-state index in [9.17, 15) is 13.2 Å². The van der Waals surface area contributed by atoms with Crippen molar-refractivity contribution in [3.8, 4) is 0 Å². The van der Waals surface area contributed by atoms with Crippen LogP contribution in [-0.2, 0) is 19.4 Å². The van der Waals surface area contributed by atoms with E-state index < -0.39 is 20.7 Å². The van der Waals surface area contributed by atoms with Crippen molar-refractivity contribution in [1.82, 2.24) is 0 Å². The highest BCUT2D eigenvalue weighted by Crippen LogP contribution is 2.22. The second kappa shape index (κ2) is 5.88. The highest BCUT2D eigenvalue weighted by molar-refractivity contribution is 7.96. The Bertz CT molecular complexity index is 577. The Balaban J connectivity index is 3.31. The van der Waals surface area contributed by atoms with Gasteiger partial charge in [0.15, 0.2) is 4.91 Å². The number of carboxylic acid groups (broad SMARTS) is 1. The Hall–Kier alpha value is -1.53. The predicted octanol–water partition coefficient (Wildman–Crippen LogP) is 2.08. The zero-order valence-electron chi connectivity index (χ0n) is 9.46. The zero-order chi connectivity index (χ0) is 13.8. The van der Waals surface area contributed by atoms with Gasteiger partial charge in [-0.05, 0) is 25.1 Å². The van der Waals surface area contributed by atoms with Gasteiger partial charge in [-0.15, -0.1) is 0 Å². The minimum absolute atomic E-state index is 0.168. The van der Waals surface area contributed by atoms with Gasteiger partial charge in [0.1, 0.15) is 6.26 Å². The molecule has 18 heavy (non-hydrogen) atoms. The van der Waals surface area contributed by atoms with Crippen LogP contribution >= 0.6 is 11.6 Å². The number of rotatable bonds is 5. The van der Waals surface area contributed by atoms with E-state index >= 15 is 0 Å². The lowest BCUT2D eigenvalue weighted by Gasteiger charge is -2.05. The normalized spacial score (nSPS) is 12.2. The maximum atomic E-state index is 12.0. The van der Waals surface area contributed by atoms with Gasteiger partial charge >= 0.3 is 5.97 Å². The lowest BCUT2D eigenvalue weighted by atomic mass is 10.4. The lowest BCUT2D eigenvalue weighted by molar-refractivity contribution is -0.132. The summed E-state index contributed by atoms with van der Waals surface area (Å²) >= 11 is 5.68. The van der Waals surface area contributed by atoms with Crippen LogP contribution in [0.4, 0.5) is 0 Å². The van der Waals surface area contributed by atoms with Crippen molar-refractivity contribution in [1.29, 1.82) is 0 Å². The van der Waals surface area contributed by atoms with E-state index in [0.29, 0.717) is 0 Å². The van der Waals surface area contributed by atoms with Crippen molar-refractivity contribution in [2.24, 2.45) is 0 Å². The molecule has 0 saturated heterocycles. The van der Waals surface area contributed by atoms with Crippen molar-refractivity contribution >= 4 is 27.4 Å². The van der Waals surface area contributed by atoms with Crippen molar-refractivity contribution in [2.75, 3.05) is 6.61 Å². The molecule has 1 aromatic carbocycles. The molecular weight excluding hydrogens is 280 g/mol. The average molecular weight is 291 g/mol. The van der Waals surface area contributed by atoms with Crippen molar-refractivity contribution < 1.29 is 23.1 Å². The number of ether oxygens (including phenoxy) is 1. The SMILES string of the molecule is CCOC=C(C(=O)O)S(=O)(=O)c1cccc(Cl)c1. The number of carboxylic acids is 1. The first kappa shape index (κ1) is 14.5. The Morgan fingerprint density at radius 2 is 2.17 bits per heavy atom. The van der Waals surface area contributed by atoms with Crippen LogP contribution in [0.5, 0.6) is 0 Å². The zero-order valence-corrected chi connectivity index (χ0v) is 11.0. The number of halogens is 1. The molecular formula is C11H11ClO5S. The fourth-order valence-electron chi connectivity index (χ4n) is 1.15. The first-order chi connectivity index (χ1) is 8.39. The second-order valence-electron chi connectivity index (χ2n) is 3.20. The Kier molecular flexibility index (Phi) is 4.75. The first-order valence-electron chi connectivity index (χ1n) is 4.95. The summed E-state index contributed by atoms with van der Waals surface area (Å²) in [6.07, 6.45) is 0.721. The number of sulfone groups is 1. The highest BCUT2D eigenvalue weighted by Gasteiger charge is 2.27. The minimum Gasteiger partial charge on any atom is -0.500 e. The molecule has 0 aliphatic heterocycles. The quantitative estimate of drug-likeness (QED) is 0.663. The summed E-state index contributed by atoms with van der Waals surface area (Å²) in [7, 11) is -4.14. The predicted molar refractivity (Wildman–Crippen MR) is 66.0 cm³/mol. The largest absolute Gasteiger partial charge is 0.500 e. The van der Waals surface area contributed by atoms with Gasteiger partial charge in [-0.3, -0.25) is 0 Å². The molecule has 0 atom stereocenters. The molecule has 0 bridgehead atoms. The van der Waals surface area contributed by atoms with Crippen LogP contribution in [0.1, 0.15) is 6.92 Å². The molecule has 0 aliphatic carbocycles. The first-order valence-corrected chi connectivity index (χ1v) is 6.81. The summed E-state index contributed by atoms with van der Waals surface area (Å²) in [6, 6.07) is 5.37. The molecule has 7 heteroatoms. The van der Waals surface area contributed by atoms with E-state index in [4.69, 9.17) is 21.4 Å². The third kappa shape index (κ3) is 3.24. The number of hydrogen-bond acceptors (Lipinski definition) is 4. The molecule has 5 nitrogen and oxygen atoms in total. The van der Waals surface area contributed by atoms with Crippen LogP contribution in [0.3, 0.4) is 0 Å². The average Bonchev–Trinajstić information content (AvgIpc) is 2.28.